The molecular formula is C15H21ClN2O3. The number of hydrogen-bond acceptors (Lipinski definition) is 4. The molecule has 0 radical (unpaired) electrons. The van der Waals surface area contributed by atoms with Gasteiger partial charge in [-0.2, -0.15) is 0 Å². The molecule has 1 fully saturated rings. The van der Waals surface area contributed by atoms with Crippen LogP contribution < -0.4 is 10.6 Å². The van der Waals surface area contributed by atoms with Gasteiger partial charge in [0, 0.05) is 37.7 Å². The van der Waals surface area contributed by atoms with Crippen LogP contribution in [0.2, 0.25) is 5.02 Å². The van der Waals surface area contributed by atoms with Crippen LogP contribution in [0.5, 0.6) is 0 Å². The van der Waals surface area contributed by atoms with Gasteiger partial charge in [0.2, 0.25) is 5.91 Å². The number of amides is 1. The van der Waals surface area contributed by atoms with Crippen molar-refractivity contribution in [3.8, 4) is 0 Å². The van der Waals surface area contributed by atoms with Gasteiger partial charge >= 0.3 is 0 Å². The summed E-state index contributed by atoms with van der Waals surface area (Å²) < 4.78 is 10.7. The second-order valence-corrected chi connectivity index (χ2v) is 5.45. The molecule has 1 heterocycles. The minimum Gasteiger partial charge on any atom is -0.378 e. The fraction of sp³-hybridized carbons (Fsp3) is 0.533. The number of hydrogen-bond donors (Lipinski definition) is 2. The van der Waals surface area contributed by atoms with Crippen molar-refractivity contribution < 1.29 is 14.3 Å². The highest BCUT2D eigenvalue weighted by Gasteiger charge is 2.18. The van der Waals surface area contributed by atoms with E-state index in [0.717, 1.165) is 12.1 Å². The highest BCUT2D eigenvalue weighted by atomic mass is 35.5. The van der Waals surface area contributed by atoms with E-state index in [2.05, 4.69) is 10.6 Å². The van der Waals surface area contributed by atoms with Gasteiger partial charge in [0.1, 0.15) is 0 Å². The molecule has 2 unspecified atom stereocenters. The lowest BCUT2D eigenvalue weighted by molar-refractivity contribution is -0.122. The van der Waals surface area contributed by atoms with Gasteiger partial charge in [-0.3, -0.25) is 4.79 Å². The van der Waals surface area contributed by atoms with E-state index in [0.29, 0.717) is 31.2 Å². The van der Waals surface area contributed by atoms with Gasteiger partial charge in [-0.05, 0) is 17.7 Å². The highest BCUT2D eigenvalue weighted by Crippen LogP contribution is 2.18. The summed E-state index contributed by atoms with van der Waals surface area (Å²) in [5.74, 6) is -0.00554. The van der Waals surface area contributed by atoms with Crippen molar-refractivity contribution in [1.82, 2.24) is 10.6 Å². The Morgan fingerprint density at radius 2 is 2.29 bits per heavy atom. The van der Waals surface area contributed by atoms with Gasteiger partial charge in [-0.15, -0.1) is 0 Å². The first-order valence-electron chi connectivity index (χ1n) is 7.05. The molecule has 1 amide bonds. The van der Waals surface area contributed by atoms with E-state index in [4.69, 9.17) is 21.1 Å². The van der Waals surface area contributed by atoms with Crippen LogP contribution >= 0.6 is 11.6 Å². The molecule has 0 bridgehead atoms. The molecule has 2 rings (SSSR count). The molecule has 2 atom stereocenters. The summed E-state index contributed by atoms with van der Waals surface area (Å²) in [6.07, 6.45) is 0.235. The molecule has 0 aliphatic carbocycles. The van der Waals surface area contributed by atoms with Crippen LogP contribution in [0, 0.1) is 0 Å². The largest absolute Gasteiger partial charge is 0.378 e. The molecule has 21 heavy (non-hydrogen) atoms. The van der Waals surface area contributed by atoms with E-state index in [1.807, 2.05) is 24.3 Å². The number of halogens is 1. The monoisotopic (exact) mass is 312 g/mol. The second-order valence-electron chi connectivity index (χ2n) is 5.01. The van der Waals surface area contributed by atoms with Crippen molar-refractivity contribution in [3.05, 3.63) is 34.9 Å². The molecule has 1 aliphatic rings. The van der Waals surface area contributed by atoms with Crippen LogP contribution in [0.1, 0.15) is 18.1 Å². The number of ether oxygens (including phenoxy) is 2. The molecule has 1 aromatic rings. The molecule has 2 N–H and O–H groups in total. The Bertz CT molecular complexity index is 447. The lowest BCUT2D eigenvalue weighted by Crippen LogP contribution is -2.44. The number of methoxy groups -OCH3 is 1. The van der Waals surface area contributed by atoms with Crippen LogP contribution in [0.3, 0.4) is 0 Å². The zero-order valence-electron chi connectivity index (χ0n) is 12.1. The van der Waals surface area contributed by atoms with Crippen LogP contribution in [-0.4, -0.2) is 45.4 Å². The zero-order chi connectivity index (χ0) is 15.1. The summed E-state index contributed by atoms with van der Waals surface area (Å²) in [5, 5.41) is 6.84. The summed E-state index contributed by atoms with van der Waals surface area (Å²) in [4.78, 5) is 11.9. The summed E-state index contributed by atoms with van der Waals surface area (Å²) in [7, 11) is 1.63. The summed E-state index contributed by atoms with van der Waals surface area (Å²) in [6, 6.07) is 7.52. The van der Waals surface area contributed by atoms with Crippen molar-refractivity contribution in [2.45, 2.75) is 18.6 Å². The fourth-order valence-electron chi connectivity index (χ4n) is 2.27. The number of carbonyl (C=O) groups excluding carboxylic acids is 1. The first-order valence-corrected chi connectivity index (χ1v) is 7.43. The maximum absolute atomic E-state index is 11.9. The third-order valence-corrected chi connectivity index (χ3v) is 3.69. The summed E-state index contributed by atoms with van der Waals surface area (Å²) in [5.41, 5.74) is 0.987. The Labute approximate surface area is 130 Å². The number of rotatable bonds is 6. The van der Waals surface area contributed by atoms with E-state index in [9.17, 15) is 4.79 Å². The number of morpholine rings is 1. The van der Waals surface area contributed by atoms with Crippen LogP contribution in [0.15, 0.2) is 24.3 Å². The zero-order valence-corrected chi connectivity index (χ0v) is 12.9. The standard InChI is InChI=1S/C15H21ClN2O3/c1-20-14(11-2-4-12(16)5-3-11)9-18-15(19)8-13-10-21-7-6-17-13/h2-5,13-14,17H,6-10H2,1H3,(H,18,19). The maximum atomic E-state index is 11.9. The quantitative estimate of drug-likeness (QED) is 0.836. The predicted molar refractivity (Wildman–Crippen MR) is 81.4 cm³/mol. The van der Waals surface area contributed by atoms with Crippen molar-refractivity contribution in [2.24, 2.45) is 0 Å². The number of carbonyl (C=O) groups is 1. The van der Waals surface area contributed by atoms with Gasteiger partial charge in [0.15, 0.2) is 0 Å². The van der Waals surface area contributed by atoms with Gasteiger partial charge in [-0.1, -0.05) is 23.7 Å². The average molecular weight is 313 g/mol. The first-order chi connectivity index (χ1) is 10.2. The normalized spacial score (nSPS) is 20.0. The minimum atomic E-state index is -0.179. The molecule has 116 valence electrons. The van der Waals surface area contributed by atoms with Crippen LogP contribution in [0.4, 0.5) is 0 Å². The highest BCUT2D eigenvalue weighted by molar-refractivity contribution is 6.30. The molecular weight excluding hydrogens is 292 g/mol. The number of benzene rings is 1. The van der Waals surface area contributed by atoms with E-state index in [-0.39, 0.29) is 18.1 Å². The number of nitrogens with one attached hydrogen (secondary N) is 2. The summed E-state index contributed by atoms with van der Waals surface area (Å²) >= 11 is 5.87. The summed E-state index contributed by atoms with van der Waals surface area (Å²) in [6.45, 7) is 2.52. The lowest BCUT2D eigenvalue weighted by Gasteiger charge is -2.23. The second kappa shape index (κ2) is 8.34. The van der Waals surface area contributed by atoms with E-state index in [1.165, 1.54) is 0 Å². The Balaban J connectivity index is 1.79. The van der Waals surface area contributed by atoms with Crippen molar-refractivity contribution >= 4 is 17.5 Å². The average Bonchev–Trinajstić information content (AvgIpc) is 2.50. The van der Waals surface area contributed by atoms with Crippen molar-refractivity contribution in [2.75, 3.05) is 33.4 Å². The van der Waals surface area contributed by atoms with Crippen molar-refractivity contribution in [3.63, 3.8) is 0 Å². The van der Waals surface area contributed by atoms with Gasteiger partial charge in [0.05, 0.1) is 19.3 Å². The van der Waals surface area contributed by atoms with E-state index >= 15 is 0 Å². The molecule has 1 aliphatic heterocycles. The van der Waals surface area contributed by atoms with Gasteiger partial charge in [-0.25, -0.2) is 0 Å². The molecule has 0 saturated carbocycles. The Hall–Kier alpha value is -1.14. The molecule has 5 nitrogen and oxygen atoms in total. The van der Waals surface area contributed by atoms with E-state index < -0.39 is 0 Å². The van der Waals surface area contributed by atoms with Gasteiger partial charge in [0.25, 0.3) is 0 Å². The Kier molecular flexibility index (Phi) is 6.45. The topological polar surface area (TPSA) is 59.6 Å². The third kappa shape index (κ3) is 5.28. The molecule has 0 aromatic heterocycles. The molecule has 1 saturated heterocycles. The third-order valence-electron chi connectivity index (χ3n) is 3.44. The minimum absolute atomic E-state index is 0.00554. The fourth-order valence-corrected chi connectivity index (χ4v) is 2.39. The molecule has 6 heteroatoms. The smallest absolute Gasteiger partial charge is 0.221 e. The van der Waals surface area contributed by atoms with Crippen LogP contribution in [-0.2, 0) is 14.3 Å². The maximum Gasteiger partial charge on any atom is 0.221 e. The Morgan fingerprint density at radius 3 is 2.90 bits per heavy atom. The molecule has 0 spiro atoms. The SMILES string of the molecule is COC(CNC(=O)CC1COCCN1)c1ccc(Cl)cc1. The van der Waals surface area contributed by atoms with Crippen molar-refractivity contribution in [1.29, 1.82) is 0 Å². The first kappa shape index (κ1) is 16.2. The lowest BCUT2D eigenvalue weighted by atomic mass is 10.1. The van der Waals surface area contributed by atoms with Gasteiger partial charge < -0.3 is 20.1 Å². The predicted octanol–water partition coefficient (Wildman–Crippen LogP) is 1.52. The Morgan fingerprint density at radius 1 is 1.52 bits per heavy atom. The van der Waals surface area contributed by atoms with Crippen LogP contribution in [0.25, 0.3) is 0 Å². The van der Waals surface area contributed by atoms with E-state index in [1.54, 1.807) is 7.11 Å². The molecule has 1 aromatic carbocycles.